The van der Waals surface area contributed by atoms with Gasteiger partial charge in [-0.2, -0.15) is 0 Å². The van der Waals surface area contributed by atoms with E-state index < -0.39 is 5.60 Å². The minimum Gasteiger partial charge on any atom is -0.372 e. The molecule has 3 heteroatoms. The fourth-order valence-corrected chi connectivity index (χ4v) is 1.80. The highest BCUT2D eigenvalue weighted by Crippen LogP contribution is 2.29. The molecule has 15 heavy (non-hydrogen) atoms. The highest BCUT2D eigenvalue weighted by molar-refractivity contribution is 9.10. The van der Waals surface area contributed by atoms with Gasteiger partial charge < -0.3 is 10.5 Å². The SMILES string of the molecule is COC(C)(CN)c1cc(C)c(Br)c(C)c1. The molecule has 2 nitrogen and oxygen atoms in total. The van der Waals surface area contributed by atoms with E-state index in [2.05, 4.69) is 41.9 Å². The lowest BCUT2D eigenvalue weighted by molar-refractivity contribution is 0.00998. The Morgan fingerprint density at radius 1 is 1.33 bits per heavy atom. The van der Waals surface area contributed by atoms with Gasteiger partial charge in [-0.05, 0) is 37.5 Å². The molecule has 0 aromatic heterocycles. The van der Waals surface area contributed by atoms with Gasteiger partial charge in [0.2, 0.25) is 0 Å². The van der Waals surface area contributed by atoms with E-state index in [4.69, 9.17) is 10.5 Å². The van der Waals surface area contributed by atoms with Crippen molar-refractivity contribution in [1.82, 2.24) is 0 Å². The first-order valence-corrected chi connectivity index (χ1v) is 5.76. The quantitative estimate of drug-likeness (QED) is 0.918. The molecule has 1 aromatic carbocycles. The number of hydrogen-bond acceptors (Lipinski definition) is 2. The monoisotopic (exact) mass is 271 g/mol. The predicted molar refractivity (Wildman–Crippen MR) is 67.0 cm³/mol. The van der Waals surface area contributed by atoms with Crippen LogP contribution in [0.5, 0.6) is 0 Å². The van der Waals surface area contributed by atoms with Crippen LogP contribution in [0, 0.1) is 13.8 Å². The first kappa shape index (κ1) is 12.7. The molecule has 0 bridgehead atoms. The third-order valence-electron chi connectivity index (χ3n) is 2.89. The van der Waals surface area contributed by atoms with Crippen LogP contribution in [0.1, 0.15) is 23.6 Å². The summed E-state index contributed by atoms with van der Waals surface area (Å²) in [5, 5.41) is 0. The summed E-state index contributed by atoms with van der Waals surface area (Å²) >= 11 is 3.55. The Kier molecular flexibility index (Phi) is 3.93. The van der Waals surface area contributed by atoms with E-state index in [1.54, 1.807) is 7.11 Å². The van der Waals surface area contributed by atoms with Crippen LogP contribution in [0.4, 0.5) is 0 Å². The highest BCUT2D eigenvalue weighted by atomic mass is 79.9. The average molecular weight is 272 g/mol. The van der Waals surface area contributed by atoms with Crippen LogP contribution in [-0.4, -0.2) is 13.7 Å². The second-order valence-electron chi connectivity index (χ2n) is 4.06. The van der Waals surface area contributed by atoms with Gasteiger partial charge in [-0.1, -0.05) is 28.1 Å². The summed E-state index contributed by atoms with van der Waals surface area (Å²) in [5.74, 6) is 0. The highest BCUT2D eigenvalue weighted by Gasteiger charge is 2.25. The van der Waals surface area contributed by atoms with Crippen molar-refractivity contribution in [3.8, 4) is 0 Å². The van der Waals surface area contributed by atoms with Crippen molar-refractivity contribution in [2.45, 2.75) is 26.4 Å². The summed E-state index contributed by atoms with van der Waals surface area (Å²) < 4.78 is 6.64. The second kappa shape index (κ2) is 4.64. The summed E-state index contributed by atoms with van der Waals surface area (Å²) in [4.78, 5) is 0. The van der Waals surface area contributed by atoms with Gasteiger partial charge >= 0.3 is 0 Å². The van der Waals surface area contributed by atoms with Crippen molar-refractivity contribution < 1.29 is 4.74 Å². The molecule has 0 aliphatic heterocycles. The lowest BCUT2D eigenvalue weighted by atomic mass is 9.93. The standard InChI is InChI=1S/C12H18BrNO/c1-8-5-10(6-9(2)11(8)13)12(3,7-14)15-4/h5-6H,7,14H2,1-4H3. The number of ether oxygens (including phenoxy) is 1. The lowest BCUT2D eigenvalue weighted by Crippen LogP contribution is -2.33. The summed E-state index contributed by atoms with van der Waals surface area (Å²) in [6.45, 7) is 6.64. The molecule has 0 spiro atoms. The van der Waals surface area contributed by atoms with Gasteiger partial charge in [0.25, 0.3) is 0 Å². The first-order valence-electron chi connectivity index (χ1n) is 4.97. The largest absolute Gasteiger partial charge is 0.372 e. The Morgan fingerprint density at radius 3 is 2.13 bits per heavy atom. The van der Waals surface area contributed by atoms with E-state index in [1.165, 1.54) is 11.1 Å². The molecule has 1 unspecified atom stereocenters. The number of methoxy groups -OCH3 is 1. The van der Waals surface area contributed by atoms with Crippen molar-refractivity contribution in [1.29, 1.82) is 0 Å². The van der Waals surface area contributed by atoms with E-state index in [0.717, 1.165) is 10.0 Å². The van der Waals surface area contributed by atoms with Crippen molar-refractivity contribution in [3.05, 3.63) is 33.3 Å². The minimum absolute atomic E-state index is 0.393. The van der Waals surface area contributed by atoms with Gasteiger partial charge in [-0.3, -0.25) is 0 Å². The normalized spacial score (nSPS) is 15.1. The zero-order chi connectivity index (χ0) is 11.6. The van der Waals surface area contributed by atoms with Crippen molar-refractivity contribution in [2.75, 3.05) is 13.7 Å². The number of benzene rings is 1. The van der Waals surface area contributed by atoms with Gasteiger partial charge in [0.15, 0.2) is 0 Å². The zero-order valence-corrected chi connectivity index (χ0v) is 11.3. The molecular formula is C12H18BrNO. The van der Waals surface area contributed by atoms with Crippen LogP contribution < -0.4 is 5.73 Å². The smallest absolute Gasteiger partial charge is 0.102 e. The summed E-state index contributed by atoms with van der Waals surface area (Å²) in [5.41, 5.74) is 8.91. The Labute approximate surface area is 99.9 Å². The topological polar surface area (TPSA) is 35.2 Å². The average Bonchev–Trinajstić information content (AvgIpc) is 2.24. The Morgan fingerprint density at radius 2 is 1.80 bits per heavy atom. The van der Waals surface area contributed by atoms with Crippen LogP contribution in [0.15, 0.2) is 16.6 Å². The molecule has 2 N–H and O–H groups in total. The van der Waals surface area contributed by atoms with Crippen LogP contribution in [0.25, 0.3) is 0 Å². The van der Waals surface area contributed by atoms with E-state index in [1.807, 2.05) is 6.92 Å². The summed E-state index contributed by atoms with van der Waals surface area (Å²) in [6.07, 6.45) is 0. The van der Waals surface area contributed by atoms with E-state index in [9.17, 15) is 0 Å². The van der Waals surface area contributed by atoms with Crippen LogP contribution in [0.2, 0.25) is 0 Å². The summed E-state index contributed by atoms with van der Waals surface area (Å²) in [6, 6.07) is 4.24. The molecule has 0 saturated heterocycles. The molecule has 0 fully saturated rings. The molecule has 1 atom stereocenters. The lowest BCUT2D eigenvalue weighted by Gasteiger charge is -2.28. The zero-order valence-electron chi connectivity index (χ0n) is 9.73. The third-order valence-corrected chi connectivity index (χ3v) is 4.14. The Hall–Kier alpha value is -0.380. The first-order chi connectivity index (χ1) is 6.94. The molecule has 0 aliphatic carbocycles. The fraction of sp³-hybridized carbons (Fsp3) is 0.500. The maximum Gasteiger partial charge on any atom is 0.102 e. The van der Waals surface area contributed by atoms with Crippen molar-refractivity contribution in [2.24, 2.45) is 5.73 Å². The predicted octanol–water partition coefficient (Wildman–Crippen LogP) is 2.89. The van der Waals surface area contributed by atoms with Gasteiger partial charge in [0.1, 0.15) is 5.60 Å². The maximum absolute atomic E-state index is 5.75. The number of hydrogen-bond donors (Lipinski definition) is 1. The van der Waals surface area contributed by atoms with Gasteiger partial charge in [-0.15, -0.1) is 0 Å². The minimum atomic E-state index is -0.393. The summed E-state index contributed by atoms with van der Waals surface area (Å²) in [7, 11) is 1.69. The van der Waals surface area contributed by atoms with E-state index in [0.29, 0.717) is 6.54 Å². The van der Waals surface area contributed by atoms with E-state index in [-0.39, 0.29) is 0 Å². The third kappa shape index (κ3) is 2.41. The fourth-order valence-electron chi connectivity index (χ4n) is 1.57. The Balaban J connectivity index is 3.27. The van der Waals surface area contributed by atoms with Crippen molar-refractivity contribution >= 4 is 15.9 Å². The Bertz CT molecular complexity index is 336. The molecule has 1 aromatic rings. The number of rotatable bonds is 3. The van der Waals surface area contributed by atoms with Gasteiger partial charge in [0, 0.05) is 18.1 Å². The van der Waals surface area contributed by atoms with Crippen LogP contribution >= 0.6 is 15.9 Å². The van der Waals surface area contributed by atoms with Gasteiger partial charge in [0.05, 0.1) is 0 Å². The molecule has 0 aliphatic rings. The molecule has 84 valence electrons. The number of halogens is 1. The maximum atomic E-state index is 5.75. The van der Waals surface area contributed by atoms with Crippen molar-refractivity contribution in [3.63, 3.8) is 0 Å². The molecule has 0 heterocycles. The van der Waals surface area contributed by atoms with Gasteiger partial charge in [-0.25, -0.2) is 0 Å². The van der Waals surface area contributed by atoms with Crippen LogP contribution in [0.3, 0.4) is 0 Å². The van der Waals surface area contributed by atoms with E-state index >= 15 is 0 Å². The molecule has 1 rings (SSSR count). The number of aryl methyl sites for hydroxylation is 2. The molecule has 0 amide bonds. The van der Waals surface area contributed by atoms with Crippen LogP contribution in [-0.2, 0) is 10.3 Å². The number of nitrogens with two attached hydrogens (primary N) is 1. The second-order valence-corrected chi connectivity index (χ2v) is 4.86. The molecule has 0 saturated carbocycles. The molecular weight excluding hydrogens is 254 g/mol. The molecule has 0 radical (unpaired) electrons.